The van der Waals surface area contributed by atoms with Crippen molar-refractivity contribution in [3.05, 3.63) is 59.7 Å². The van der Waals surface area contributed by atoms with Crippen molar-refractivity contribution in [2.24, 2.45) is 33.7 Å². The van der Waals surface area contributed by atoms with Crippen molar-refractivity contribution in [3.63, 3.8) is 0 Å². The zero-order valence-corrected chi connectivity index (χ0v) is 26.6. The first-order valence-corrected chi connectivity index (χ1v) is 14.4. The first kappa shape index (κ1) is 43.2. The van der Waals surface area contributed by atoms with E-state index in [-0.39, 0.29) is 31.4 Å². The molecule has 0 spiro atoms. The average molecular weight is 694 g/mol. The maximum absolute atomic E-state index is 12.2. The van der Waals surface area contributed by atoms with Gasteiger partial charge in [0.25, 0.3) is 0 Å². The molecular formula is C30H43N7O12. The van der Waals surface area contributed by atoms with Gasteiger partial charge in [0.05, 0.1) is 13.0 Å². The average Bonchev–Trinajstić information content (AvgIpc) is 3.35. The van der Waals surface area contributed by atoms with E-state index in [4.69, 9.17) is 48.1 Å². The molecule has 2 aromatic carbocycles. The lowest BCUT2D eigenvalue weighted by molar-refractivity contribution is -0.144. The van der Waals surface area contributed by atoms with Crippen LogP contribution in [0.2, 0.25) is 0 Å². The largest absolute Gasteiger partial charge is 0.481 e. The van der Waals surface area contributed by atoms with Crippen LogP contribution in [-0.4, -0.2) is 105 Å². The lowest BCUT2D eigenvalue weighted by Gasteiger charge is -2.17. The van der Waals surface area contributed by atoms with Gasteiger partial charge in [-0.05, 0) is 42.0 Å². The molecule has 0 aliphatic heterocycles. The van der Waals surface area contributed by atoms with E-state index >= 15 is 0 Å². The molecule has 1 aliphatic carbocycles. The van der Waals surface area contributed by atoms with Crippen molar-refractivity contribution in [3.8, 4) is 11.1 Å². The Morgan fingerprint density at radius 1 is 0.816 bits per heavy atom. The Kier molecular flexibility index (Phi) is 20.0. The smallest absolute Gasteiger partial charge is 0.407 e. The SMILES string of the molecule is CC(N)C(=O)O.NC(CC(=O)O)C(=O)O.NC(N)=NCCCC(NC(=O)OCC1c2ccccc2-c2ccccc21)C(=O)O.NCC(=O)O. The van der Waals surface area contributed by atoms with Crippen LogP contribution in [0.25, 0.3) is 11.1 Å². The maximum atomic E-state index is 12.2. The van der Waals surface area contributed by atoms with Gasteiger partial charge in [0.15, 0.2) is 5.96 Å². The molecule has 0 bridgehead atoms. The molecule has 0 fully saturated rings. The summed E-state index contributed by atoms with van der Waals surface area (Å²) in [5.74, 6) is -5.70. The molecule has 0 aromatic heterocycles. The Balaban J connectivity index is 0.000000939. The van der Waals surface area contributed by atoms with Gasteiger partial charge in [-0.2, -0.15) is 0 Å². The normalized spacial score (nSPS) is 12.5. The van der Waals surface area contributed by atoms with E-state index in [0.29, 0.717) is 13.0 Å². The van der Waals surface area contributed by atoms with Crippen LogP contribution in [0.3, 0.4) is 0 Å². The highest BCUT2D eigenvalue weighted by molar-refractivity contribution is 5.81. The molecule has 19 heteroatoms. The standard InChI is InChI=1S/C21H24N4O4.C4H7NO4.C3H7NO2.C2H5NO2/c22-20(23)24-11-5-10-18(19(26)27)25-21(28)29-12-17-15-8-3-1-6-13(15)14-7-2-4-9-16(14)17;5-2(4(8)9)1-3(6)7;1-2(4)3(5)6;3-1-2(4)5/h1-4,6-9,17-18H,5,10-12H2,(H,25,28)(H,26,27)(H4,22,23,24);2H,1,5H2,(H,6,7)(H,8,9);2H,4H2,1H3,(H,5,6);1,3H2,(H,4,5). The van der Waals surface area contributed by atoms with Crippen molar-refractivity contribution in [2.75, 3.05) is 19.7 Å². The molecular weight excluding hydrogens is 650 g/mol. The van der Waals surface area contributed by atoms with Crippen LogP contribution in [0.1, 0.15) is 43.2 Å². The molecule has 3 atom stereocenters. The number of rotatable bonds is 13. The van der Waals surface area contributed by atoms with Gasteiger partial charge in [0.2, 0.25) is 0 Å². The van der Waals surface area contributed by atoms with E-state index in [1.54, 1.807) is 0 Å². The number of alkyl carbamates (subject to hydrolysis) is 1. The summed E-state index contributed by atoms with van der Waals surface area (Å²) in [6.45, 7) is 1.56. The van der Waals surface area contributed by atoms with Crippen LogP contribution in [0.15, 0.2) is 53.5 Å². The van der Waals surface area contributed by atoms with Gasteiger partial charge in [-0.15, -0.1) is 0 Å². The molecule has 0 radical (unpaired) electrons. The summed E-state index contributed by atoms with van der Waals surface area (Å²) in [7, 11) is 0. The fourth-order valence-corrected chi connectivity index (χ4v) is 3.82. The highest BCUT2D eigenvalue weighted by atomic mass is 16.5. The first-order valence-electron chi connectivity index (χ1n) is 14.4. The monoisotopic (exact) mass is 693 g/mol. The number of benzene rings is 2. The van der Waals surface area contributed by atoms with Crippen LogP contribution in [-0.2, 0) is 28.7 Å². The van der Waals surface area contributed by atoms with E-state index < -0.39 is 60.5 Å². The summed E-state index contributed by atoms with van der Waals surface area (Å²) in [5, 5.41) is 43.2. The fourth-order valence-electron chi connectivity index (χ4n) is 3.82. The molecule has 2 aromatic rings. The van der Waals surface area contributed by atoms with Gasteiger partial charge in [0.1, 0.15) is 24.7 Å². The second kappa shape index (κ2) is 22.7. The van der Waals surface area contributed by atoms with Crippen molar-refractivity contribution in [2.45, 2.75) is 50.2 Å². The zero-order valence-electron chi connectivity index (χ0n) is 26.6. The van der Waals surface area contributed by atoms with E-state index in [2.05, 4.69) is 16.0 Å². The number of carbonyl (C=O) groups excluding carboxylic acids is 1. The fraction of sp³-hybridized carbons (Fsp3) is 0.367. The molecule has 0 saturated heterocycles. The number of amides is 1. The van der Waals surface area contributed by atoms with Gasteiger partial charge < -0.3 is 64.3 Å². The molecule has 0 saturated carbocycles. The highest BCUT2D eigenvalue weighted by Gasteiger charge is 2.29. The Labute approximate surface area is 280 Å². The van der Waals surface area contributed by atoms with Crippen molar-refractivity contribution >= 4 is 41.9 Å². The predicted octanol–water partition coefficient (Wildman–Crippen LogP) is -0.647. The topological polar surface area (TPSA) is 367 Å². The number of hydrogen-bond acceptors (Lipinski definition) is 11. The summed E-state index contributed by atoms with van der Waals surface area (Å²) < 4.78 is 5.38. The molecule has 1 aliphatic rings. The first-order chi connectivity index (χ1) is 22.9. The van der Waals surface area contributed by atoms with Gasteiger partial charge in [-0.1, -0.05) is 48.5 Å². The number of nitrogens with one attached hydrogen (secondary N) is 1. The van der Waals surface area contributed by atoms with Gasteiger partial charge in [0, 0.05) is 12.5 Å². The Morgan fingerprint density at radius 3 is 1.63 bits per heavy atom. The minimum atomic E-state index is -1.29. The second-order valence-corrected chi connectivity index (χ2v) is 10.1. The Morgan fingerprint density at radius 2 is 1.29 bits per heavy atom. The highest BCUT2D eigenvalue weighted by Crippen LogP contribution is 2.44. The van der Waals surface area contributed by atoms with Crippen molar-refractivity contribution < 1.29 is 59.0 Å². The number of guanidine groups is 1. The van der Waals surface area contributed by atoms with Crippen LogP contribution in [0, 0.1) is 0 Å². The summed E-state index contributed by atoms with van der Waals surface area (Å²) in [6, 6.07) is 12.9. The molecule has 3 unspecified atom stereocenters. The van der Waals surface area contributed by atoms with Gasteiger partial charge in [-0.25, -0.2) is 9.59 Å². The number of fused-ring (bicyclic) bond motifs is 3. The number of hydrogen-bond donors (Lipinski definition) is 11. The molecule has 49 heavy (non-hydrogen) atoms. The van der Waals surface area contributed by atoms with Crippen LogP contribution < -0.4 is 34.0 Å². The van der Waals surface area contributed by atoms with Crippen LogP contribution in [0.4, 0.5) is 4.79 Å². The summed E-state index contributed by atoms with van der Waals surface area (Å²) in [5.41, 5.74) is 29.2. The number of nitrogens with zero attached hydrogens (tertiary/aromatic N) is 1. The number of carboxylic acids is 5. The molecule has 0 heterocycles. The van der Waals surface area contributed by atoms with Crippen molar-refractivity contribution in [1.82, 2.24) is 5.32 Å². The van der Waals surface area contributed by atoms with E-state index in [0.717, 1.165) is 22.3 Å². The second-order valence-electron chi connectivity index (χ2n) is 10.1. The van der Waals surface area contributed by atoms with E-state index in [9.17, 15) is 33.9 Å². The summed E-state index contributed by atoms with van der Waals surface area (Å²) in [4.78, 5) is 65.8. The number of ether oxygens (including phenoxy) is 1. The lowest BCUT2D eigenvalue weighted by Crippen LogP contribution is -2.41. The third kappa shape index (κ3) is 17.6. The van der Waals surface area contributed by atoms with Gasteiger partial charge >= 0.3 is 35.9 Å². The molecule has 19 nitrogen and oxygen atoms in total. The minimum absolute atomic E-state index is 0.0543. The third-order valence-corrected chi connectivity index (χ3v) is 6.16. The number of carbonyl (C=O) groups is 6. The number of aliphatic imine (C=N–C) groups is 1. The van der Waals surface area contributed by atoms with Crippen LogP contribution in [0.5, 0.6) is 0 Å². The molecule has 1 amide bonds. The number of nitrogens with two attached hydrogens (primary N) is 5. The van der Waals surface area contributed by atoms with Crippen LogP contribution >= 0.6 is 0 Å². The van der Waals surface area contributed by atoms with Gasteiger partial charge in [-0.3, -0.25) is 24.2 Å². The Hall–Kier alpha value is -5.79. The van der Waals surface area contributed by atoms with E-state index in [1.165, 1.54) is 6.92 Å². The Bertz CT molecular complexity index is 1400. The van der Waals surface area contributed by atoms with Crippen molar-refractivity contribution in [1.29, 1.82) is 0 Å². The molecule has 16 N–H and O–H groups in total. The third-order valence-electron chi connectivity index (χ3n) is 6.16. The summed E-state index contributed by atoms with van der Waals surface area (Å²) in [6.07, 6.45) is -0.689. The molecule has 270 valence electrons. The predicted molar refractivity (Wildman–Crippen MR) is 175 cm³/mol. The zero-order chi connectivity index (χ0) is 37.7. The quantitative estimate of drug-likeness (QED) is 0.0705. The van der Waals surface area contributed by atoms with E-state index in [1.807, 2.05) is 48.5 Å². The lowest BCUT2D eigenvalue weighted by atomic mass is 9.98. The minimum Gasteiger partial charge on any atom is -0.481 e. The summed E-state index contributed by atoms with van der Waals surface area (Å²) >= 11 is 0. The molecule has 3 rings (SSSR count). The number of aliphatic carboxylic acids is 5. The number of carboxylic acid groups (broad SMARTS) is 5. The maximum Gasteiger partial charge on any atom is 0.407 e.